The van der Waals surface area contributed by atoms with E-state index in [1.807, 2.05) is 0 Å². The molecule has 0 aromatic carbocycles. The SMILES string of the molecule is CC(=O)CCCOS(N)(=O)=O. The standard InChI is InChI=1S/C5H11NO4S/c1-5(7)3-2-4-10-11(6,8)9/h2-4H2,1H3,(H2,6,8,9). The van der Waals surface area contributed by atoms with Crippen LogP contribution in [-0.2, 0) is 19.3 Å². The van der Waals surface area contributed by atoms with E-state index in [2.05, 4.69) is 9.32 Å². The van der Waals surface area contributed by atoms with Crippen LogP contribution in [0.5, 0.6) is 0 Å². The van der Waals surface area contributed by atoms with Gasteiger partial charge in [0.1, 0.15) is 5.78 Å². The van der Waals surface area contributed by atoms with E-state index in [1.54, 1.807) is 0 Å². The second-order valence-electron chi connectivity index (χ2n) is 2.12. The fourth-order valence-electron chi connectivity index (χ4n) is 0.496. The molecule has 0 radical (unpaired) electrons. The molecule has 0 saturated carbocycles. The van der Waals surface area contributed by atoms with Gasteiger partial charge in [-0.1, -0.05) is 0 Å². The highest BCUT2D eigenvalue weighted by atomic mass is 32.2. The highest BCUT2D eigenvalue weighted by Crippen LogP contribution is 1.92. The maximum Gasteiger partial charge on any atom is 0.333 e. The van der Waals surface area contributed by atoms with Crippen molar-refractivity contribution in [1.82, 2.24) is 0 Å². The van der Waals surface area contributed by atoms with Crippen LogP contribution in [-0.4, -0.2) is 20.8 Å². The van der Waals surface area contributed by atoms with Crippen molar-refractivity contribution in [3.05, 3.63) is 0 Å². The monoisotopic (exact) mass is 181 g/mol. The minimum atomic E-state index is -3.83. The first-order valence-electron chi connectivity index (χ1n) is 3.08. The Morgan fingerprint density at radius 2 is 2.09 bits per heavy atom. The molecule has 0 bridgehead atoms. The summed E-state index contributed by atoms with van der Waals surface area (Å²) >= 11 is 0. The first-order chi connectivity index (χ1) is 4.92. The molecule has 0 aromatic heterocycles. The van der Waals surface area contributed by atoms with Crippen molar-refractivity contribution in [2.24, 2.45) is 5.14 Å². The van der Waals surface area contributed by atoms with E-state index in [0.29, 0.717) is 12.8 Å². The van der Waals surface area contributed by atoms with Gasteiger partial charge in [-0.25, -0.2) is 5.14 Å². The molecular formula is C5H11NO4S. The van der Waals surface area contributed by atoms with Gasteiger partial charge >= 0.3 is 10.3 Å². The van der Waals surface area contributed by atoms with Gasteiger partial charge in [0.05, 0.1) is 6.61 Å². The average Bonchev–Trinajstić information content (AvgIpc) is 1.78. The zero-order valence-electron chi connectivity index (χ0n) is 6.24. The molecule has 0 heterocycles. The van der Waals surface area contributed by atoms with Crippen LogP contribution in [0.15, 0.2) is 0 Å². The Labute approximate surface area is 65.8 Å². The largest absolute Gasteiger partial charge is 0.333 e. The maximum atomic E-state index is 10.3. The first kappa shape index (κ1) is 10.5. The lowest BCUT2D eigenvalue weighted by Gasteiger charge is -1.97. The Bertz CT molecular complexity index is 221. The molecule has 66 valence electrons. The summed E-state index contributed by atoms with van der Waals surface area (Å²) in [6.45, 7) is 1.40. The van der Waals surface area contributed by atoms with Crippen molar-refractivity contribution in [3.8, 4) is 0 Å². The molecule has 0 aliphatic rings. The second-order valence-corrected chi connectivity index (χ2v) is 3.34. The third-order valence-electron chi connectivity index (χ3n) is 0.921. The fraction of sp³-hybridized carbons (Fsp3) is 0.800. The Morgan fingerprint density at radius 3 is 2.45 bits per heavy atom. The summed E-state index contributed by atoms with van der Waals surface area (Å²) < 4.78 is 24.5. The number of hydrogen-bond donors (Lipinski definition) is 1. The molecule has 0 spiro atoms. The summed E-state index contributed by atoms with van der Waals surface area (Å²) in [7, 11) is -3.83. The van der Waals surface area contributed by atoms with Crippen LogP contribution in [0.4, 0.5) is 0 Å². The predicted octanol–water partition coefficient (Wildman–Crippen LogP) is -0.424. The van der Waals surface area contributed by atoms with Crippen LogP contribution in [0.1, 0.15) is 19.8 Å². The quantitative estimate of drug-likeness (QED) is 0.583. The predicted molar refractivity (Wildman–Crippen MR) is 39.0 cm³/mol. The molecule has 0 aliphatic carbocycles. The molecule has 0 amide bonds. The molecule has 6 heteroatoms. The summed E-state index contributed by atoms with van der Waals surface area (Å²) in [5.74, 6) is 0.00280. The number of ketones is 1. The van der Waals surface area contributed by atoms with Gasteiger partial charge in [-0.05, 0) is 13.3 Å². The number of rotatable bonds is 5. The zero-order chi connectivity index (χ0) is 8.91. The van der Waals surface area contributed by atoms with Crippen LogP contribution in [0.2, 0.25) is 0 Å². The fourth-order valence-corrected chi connectivity index (χ4v) is 0.846. The molecule has 0 aliphatic heterocycles. The molecule has 0 aromatic rings. The number of Topliss-reactive ketones (excluding diaryl/α,β-unsaturated/α-hetero) is 1. The highest BCUT2D eigenvalue weighted by Gasteiger charge is 2.01. The summed E-state index contributed by atoms with van der Waals surface area (Å²) in [5.41, 5.74) is 0. The summed E-state index contributed by atoms with van der Waals surface area (Å²) in [6, 6.07) is 0. The average molecular weight is 181 g/mol. The molecule has 0 unspecified atom stereocenters. The minimum Gasteiger partial charge on any atom is -0.300 e. The third kappa shape index (κ3) is 9.54. The normalized spacial score (nSPS) is 11.5. The van der Waals surface area contributed by atoms with Gasteiger partial charge in [0.25, 0.3) is 0 Å². The first-order valence-corrected chi connectivity index (χ1v) is 4.55. The second kappa shape index (κ2) is 4.42. The van der Waals surface area contributed by atoms with Crippen LogP contribution in [0.25, 0.3) is 0 Å². The molecule has 0 saturated heterocycles. The van der Waals surface area contributed by atoms with Crippen molar-refractivity contribution in [3.63, 3.8) is 0 Å². The van der Waals surface area contributed by atoms with Gasteiger partial charge in [0, 0.05) is 6.42 Å². The van der Waals surface area contributed by atoms with E-state index < -0.39 is 10.3 Å². The van der Waals surface area contributed by atoms with Gasteiger partial charge in [0.15, 0.2) is 0 Å². The smallest absolute Gasteiger partial charge is 0.300 e. The van der Waals surface area contributed by atoms with Crippen molar-refractivity contribution in [2.75, 3.05) is 6.61 Å². The van der Waals surface area contributed by atoms with Crippen molar-refractivity contribution >= 4 is 16.1 Å². The molecule has 2 N–H and O–H groups in total. The topological polar surface area (TPSA) is 86.5 Å². The van der Waals surface area contributed by atoms with Gasteiger partial charge in [-0.3, -0.25) is 4.18 Å². The van der Waals surface area contributed by atoms with Crippen LogP contribution in [0.3, 0.4) is 0 Å². The van der Waals surface area contributed by atoms with Gasteiger partial charge in [0.2, 0.25) is 0 Å². The third-order valence-corrected chi connectivity index (χ3v) is 1.42. The molecular weight excluding hydrogens is 170 g/mol. The van der Waals surface area contributed by atoms with E-state index in [0.717, 1.165) is 0 Å². The summed E-state index contributed by atoms with van der Waals surface area (Å²) in [4.78, 5) is 10.3. The summed E-state index contributed by atoms with van der Waals surface area (Å²) in [5, 5.41) is 4.52. The van der Waals surface area contributed by atoms with Gasteiger partial charge in [-0.2, -0.15) is 8.42 Å². The lowest BCUT2D eigenvalue weighted by molar-refractivity contribution is -0.117. The highest BCUT2D eigenvalue weighted by molar-refractivity contribution is 7.84. The number of hydrogen-bond acceptors (Lipinski definition) is 4. The van der Waals surface area contributed by atoms with E-state index >= 15 is 0 Å². The van der Waals surface area contributed by atoms with Crippen LogP contribution in [0, 0.1) is 0 Å². The van der Waals surface area contributed by atoms with Gasteiger partial charge in [-0.15, -0.1) is 0 Å². The van der Waals surface area contributed by atoms with Crippen molar-refractivity contribution in [1.29, 1.82) is 0 Å². The Kier molecular flexibility index (Phi) is 4.24. The van der Waals surface area contributed by atoms with Crippen molar-refractivity contribution in [2.45, 2.75) is 19.8 Å². The number of nitrogens with two attached hydrogens (primary N) is 1. The Morgan fingerprint density at radius 1 is 1.55 bits per heavy atom. The van der Waals surface area contributed by atoms with E-state index in [-0.39, 0.29) is 12.4 Å². The zero-order valence-corrected chi connectivity index (χ0v) is 7.06. The van der Waals surface area contributed by atoms with Crippen LogP contribution >= 0.6 is 0 Å². The minimum absolute atomic E-state index is 0.00280. The molecule has 0 fully saturated rings. The Hall–Kier alpha value is -0.460. The van der Waals surface area contributed by atoms with E-state index in [9.17, 15) is 13.2 Å². The van der Waals surface area contributed by atoms with Crippen molar-refractivity contribution < 1.29 is 17.4 Å². The number of carbonyl (C=O) groups is 1. The van der Waals surface area contributed by atoms with E-state index in [4.69, 9.17) is 0 Å². The van der Waals surface area contributed by atoms with Gasteiger partial charge < -0.3 is 4.79 Å². The lowest BCUT2D eigenvalue weighted by Crippen LogP contribution is -2.16. The molecule has 0 rings (SSSR count). The molecule has 0 atom stereocenters. The number of carbonyl (C=O) groups excluding carboxylic acids is 1. The van der Waals surface area contributed by atoms with Crippen LogP contribution < -0.4 is 5.14 Å². The molecule has 11 heavy (non-hydrogen) atoms. The maximum absolute atomic E-state index is 10.3. The molecule has 5 nitrogen and oxygen atoms in total. The Balaban J connectivity index is 3.37. The van der Waals surface area contributed by atoms with E-state index in [1.165, 1.54) is 6.92 Å². The summed E-state index contributed by atoms with van der Waals surface area (Å²) in [6.07, 6.45) is 0.696. The lowest BCUT2D eigenvalue weighted by atomic mass is 10.2.